The van der Waals surface area contributed by atoms with Gasteiger partial charge in [-0.3, -0.25) is 14.9 Å². The van der Waals surface area contributed by atoms with E-state index in [4.69, 9.17) is 16.3 Å². The first-order valence-corrected chi connectivity index (χ1v) is 4.38. The van der Waals surface area contributed by atoms with E-state index in [0.29, 0.717) is 0 Å². The number of hydrogen-bond donors (Lipinski definition) is 0. The van der Waals surface area contributed by atoms with E-state index in [1.165, 1.54) is 20.1 Å². The Balaban J connectivity index is 3.43. The molecule has 0 aliphatic heterocycles. The predicted molar refractivity (Wildman–Crippen MR) is 54.7 cm³/mol. The van der Waals surface area contributed by atoms with Crippen molar-refractivity contribution in [3.05, 3.63) is 32.8 Å². The summed E-state index contributed by atoms with van der Waals surface area (Å²) < 4.78 is 4.78. The lowest BCUT2D eigenvalue weighted by atomic mass is 10.1. The summed E-state index contributed by atoms with van der Waals surface area (Å²) in [6, 6.07) is 2.37. The summed E-state index contributed by atoms with van der Waals surface area (Å²) in [7, 11) is 1.30. The third-order valence-electron chi connectivity index (χ3n) is 1.84. The van der Waals surface area contributed by atoms with Gasteiger partial charge < -0.3 is 4.74 Å². The largest absolute Gasteiger partial charge is 0.490 e. The third-order valence-corrected chi connectivity index (χ3v) is 2.16. The average Bonchev–Trinajstić information content (AvgIpc) is 2.16. The van der Waals surface area contributed by atoms with E-state index in [1.54, 1.807) is 0 Å². The van der Waals surface area contributed by atoms with Crippen molar-refractivity contribution in [2.45, 2.75) is 6.92 Å². The number of ether oxygens (including phenoxy) is 1. The molecule has 0 aromatic heterocycles. The number of carbonyl (C=O) groups excluding carboxylic acids is 1. The first-order valence-electron chi connectivity index (χ1n) is 4.00. The summed E-state index contributed by atoms with van der Waals surface area (Å²) in [6.45, 7) is 1.29. The number of benzene rings is 1. The van der Waals surface area contributed by atoms with Gasteiger partial charge in [0.15, 0.2) is 11.5 Å². The molecule has 0 bridgehead atoms. The van der Waals surface area contributed by atoms with Crippen LogP contribution in [0.2, 0.25) is 5.02 Å². The molecule has 0 N–H and O–H groups in total. The van der Waals surface area contributed by atoms with Crippen molar-refractivity contribution in [3.8, 4) is 5.75 Å². The van der Waals surface area contributed by atoms with Crippen molar-refractivity contribution in [1.82, 2.24) is 0 Å². The van der Waals surface area contributed by atoms with Gasteiger partial charge in [0.1, 0.15) is 0 Å². The van der Waals surface area contributed by atoms with Crippen LogP contribution < -0.4 is 4.74 Å². The number of hydrogen-bond acceptors (Lipinski definition) is 4. The van der Waals surface area contributed by atoms with E-state index in [2.05, 4.69) is 0 Å². The highest BCUT2D eigenvalue weighted by atomic mass is 35.5. The standard InChI is InChI=1S/C9H8ClNO4/c1-5(12)6-3-8(11(13)14)9(15-2)4-7(6)10/h3-4H,1-2H3. The van der Waals surface area contributed by atoms with Gasteiger partial charge in [-0.1, -0.05) is 11.6 Å². The molecule has 0 amide bonds. The minimum atomic E-state index is -0.623. The smallest absolute Gasteiger partial charge is 0.311 e. The molecule has 1 rings (SSSR count). The first-order chi connectivity index (χ1) is 6.97. The number of carbonyl (C=O) groups is 1. The maximum atomic E-state index is 11.1. The lowest BCUT2D eigenvalue weighted by Crippen LogP contribution is -1.99. The van der Waals surface area contributed by atoms with Gasteiger partial charge in [0.05, 0.1) is 17.1 Å². The molecule has 0 fully saturated rings. The SMILES string of the molecule is COc1cc(Cl)c(C(C)=O)cc1[N+](=O)[O-]. The molecule has 0 aliphatic rings. The molecule has 0 atom stereocenters. The molecule has 15 heavy (non-hydrogen) atoms. The maximum Gasteiger partial charge on any atom is 0.311 e. The number of nitro groups is 1. The zero-order valence-electron chi connectivity index (χ0n) is 8.11. The summed E-state index contributed by atoms with van der Waals surface area (Å²) in [6.07, 6.45) is 0. The van der Waals surface area contributed by atoms with Gasteiger partial charge in [0, 0.05) is 17.7 Å². The summed E-state index contributed by atoms with van der Waals surface area (Å²) in [4.78, 5) is 21.1. The number of Topliss-reactive ketones (excluding diaryl/α,β-unsaturated/α-hetero) is 1. The number of nitro benzene ring substituents is 1. The molecule has 0 unspecified atom stereocenters. The van der Waals surface area contributed by atoms with E-state index < -0.39 is 4.92 Å². The lowest BCUT2D eigenvalue weighted by Gasteiger charge is -2.04. The van der Waals surface area contributed by atoms with Crippen LogP contribution >= 0.6 is 11.6 Å². The quantitative estimate of drug-likeness (QED) is 0.454. The van der Waals surface area contributed by atoms with Crippen LogP contribution in [0.5, 0.6) is 5.75 Å². The Kier molecular flexibility index (Phi) is 3.26. The summed E-state index contributed by atoms with van der Waals surface area (Å²) in [5, 5.41) is 10.8. The molecule has 1 aromatic carbocycles. The second kappa shape index (κ2) is 4.27. The van der Waals surface area contributed by atoms with Crippen LogP contribution in [0.1, 0.15) is 17.3 Å². The number of ketones is 1. The van der Waals surface area contributed by atoms with Crippen molar-refractivity contribution < 1.29 is 14.5 Å². The molecule has 1 aromatic rings. The molecular formula is C9H8ClNO4. The lowest BCUT2D eigenvalue weighted by molar-refractivity contribution is -0.385. The zero-order valence-corrected chi connectivity index (χ0v) is 8.87. The normalized spacial score (nSPS) is 9.80. The summed E-state index contributed by atoms with van der Waals surface area (Å²) in [5.41, 5.74) is -0.156. The Labute approximate surface area is 90.8 Å². The van der Waals surface area contributed by atoms with Crippen LogP contribution in [-0.2, 0) is 0 Å². The van der Waals surface area contributed by atoms with E-state index in [9.17, 15) is 14.9 Å². The van der Waals surface area contributed by atoms with Crippen molar-refractivity contribution in [1.29, 1.82) is 0 Å². The minimum Gasteiger partial charge on any atom is -0.490 e. The first kappa shape index (κ1) is 11.5. The Morgan fingerprint density at radius 3 is 2.53 bits per heavy atom. The molecule has 5 nitrogen and oxygen atoms in total. The van der Waals surface area contributed by atoms with E-state index in [-0.39, 0.29) is 27.8 Å². The summed E-state index contributed by atoms with van der Waals surface area (Å²) >= 11 is 5.76. The maximum absolute atomic E-state index is 11.1. The fraction of sp³-hybridized carbons (Fsp3) is 0.222. The predicted octanol–water partition coefficient (Wildman–Crippen LogP) is 2.46. The average molecular weight is 230 g/mol. The topological polar surface area (TPSA) is 69.4 Å². The fourth-order valence-corrected chi connectivity index (χ4v) is 1.41. The van der Waals surface area contributed by atoms with Crippen LogP contribution in [0.4, 0.5) is 5.69 Å². The number of methoxy groups -OCH3 is 1. The third kappa shape index (κ3) is 2.24. The summed E-state index contributed by atoms with van der Waals surface area (Å²) in [5.74, 6) is -0.291. The highest BCUT2D eigenvalue weighted by Crippen LogP contribution is 2.32. The fourth-order valence-electron chi connectivity index (χ4n) is 1.12. The number of halogens is 1. The van der Waals surface area contributed by atoms with Crippen LogP contribution in [0.3, 0.4) is 0 Å². The molecule has 80 valence electrons. The second-order valence-corrected chi connectivity index (χ2v) is 3.22. The Hall–Kier alpha value is -1.62. The van der Waals surface area contributed by atoms with Gasteiger partial charge in [-0.05, 0) is 6.92 Å². The zero-order chi connectivity index (χ0) is 11.6. The Morgan fingerprint density at radius 1 is 1.53 bits per heavy atom. The van der Waals surface area contributed by atoms with Crippen molar-refractivity contribution in [2.24, 2.45) is 0 Å². The Morgan fingerprint density at radius 2 is 2.13 bits per heavy atom. The van der Waals surface area contributed by atoms with Crippen LogP contribution in [0.25, 0.3) is 0 Å². The van der Waals surface area contributed by atoms with Gasteiger partial charge in [0.2, 0.25) is 0 Å². The van der Waals surface area contributed by atoms with Crippen LogP contribution in [0, 0.1) is 10.1 Å². The second-order valence-electron chi connectivity index (χ2n) is 2.82. The Bertz CT molecular complexity index is 430. The monoisotopic (exact) mass is 229 g/mol. The molecular weight excluding hydrogens is 222 g/mol. The molecule has 6 heteroatoms. The van der Waals surface area contributed by atoms with Crippen molar-refractivity contribution in [3.63, 3.8) is 0 Å². The molecule has 0 radical (unpaired) electrons. The van der Waals surface area contributed by atoms with Gasteiger partial charge in [0.25, 0.3) is 0 Å². The van der Waals surface area contributed by atoms with E-state index in [1.807, 2.05) is 0 Å². The van der Waals surface area contributed by atoms with Crippen LogP contribution in [-0.4, -0.2) is 17.8 Å². The number of rotatable bonds is 3. The van der Waals surface area contributed by atoms with Gasteiger partial charge >= 0.3 is 5.69 Å². The molecule has 0 heterocycles. The van der Waals surface area contributed by atoms with Crippen molar-refractivity contribution in [2.75, 3.05) is 7.11 Å². The molecule has 0 saturated carbocycles. The molecule has 0 aliphatic carbocycles. The minimum absolute atomic E-state index is 0.0370. The number of nitrogens with zero attached hydrogens (tertiary/aromatic N) is 1. The van der Waals surface area contributed by atoms with Gasteiger partial charge in [-0.15, -0.1) is 0 Å². The van der Waals surface area contributed by atoms with Gasteiger partial charge in [-0.25, -0.2) is 0 Å². The van der Waals surface area contributed by atoms with E-state index >= 15 is 0 Å². The van der Waals surface area contributed by atoms with Gasteiger partial charge in [-0.2, -0.15) is 0 Å². The highest BCUT2D eigenvalue weighted by molar-refractivity contribution is 6.34. The highest BCUT2D eigenvalue weighted by Gasteiger charge is 2.19. The van der Waals surface area contributed by atoms with Crippen molar-refractivity contribution >= 4 is 23.1 Å². The molecule has 0 spiro atoms. The van der Waals surface area contributed by atoms with E-state index in [0.717, 1.165) is 6.07 Å². The van der Waals surface area contributed by atoms with Crippen LogP contribution in [0.15, 0.2) is 12.1 Å². The molecule has 0 saturated heterocycles.